The summed E-state index contributed by atoms with van der Waals surface area (Å²) < 4.78 is 18.0. The van der Waals surface area contributed by atoms with E-state index in [9.17, 15) is 0 Å². The van der Waals surface area contributed by atoms with E-state index in [1.54, 1.807) is 21.3 Å². The van der Waals surface area contributed by atoms with Crippen LogP contribution in [0.25, 0.3) is 12.2 Å². The third-order valence-electron chi connectivity index (χ3n) is 3.20. The summed E-state index contributed by atoms with van der Waals surface area (Å²) in [4.78, 5) is 0. The molecule has 2 rings (SSSR count). The van der Waals surface area contributed by atoms with Crippen LogP contribution in [0, 0.1) is 0 Å². The Kier molecular flexibility index (Phi) is 4.82. The summed E-state index contributed by atoms with van der Waals surface area (Å²) >= 11 is 0. The first-order valence-electron chi connectivity index (χ1n) is 6.61. The van der Waals surface area contributed by atoms with Crippen molar-refractivity contribution >= 4 is 12.2 Å². The van der Waals surface area contributed by atoms with Crippen molar-refractivity contribution in [1.82, 2.24) is 0 Å². The van der Waals surface area contributed by atoms with Gasteiger partial charge in [0.2, 0.25) is 0 Å². The summed E-state index contributed by atoms with van der Waals surface area (Å²) in [5.74, 6) is 2.07. The number of nitrogens with zero attached hydrogens (tertiary/aromatic N) is 1. The quantitative estimate of drug-likeness (QED) is 0.792. The lowest BCUT2D eigenvalue weighted by molar-refractivity contribution is -0.671. The van der Waals surface area contributed by atoms with E-state index in [1.165, 1.54) is 0 Å². The van der Waals surface area contributed by atoms with Crippen molar-refractivity contribution in [3.63, 3.8) is 0 Å². The lowest BCUT2D eigenvalue weighted by Gasteiger charge is -2.12. The minimum absolute atomic E-state index is 0.651. The molecule has 1 aromatic heterocycles. The maximum absolute atomic E-state index is 5.40. The highest BCUT2D eigenvalue weighted by molar-refractivity contribution is 5.74. The normalized spacial score (nSPS) is 10.7. The minimum atomic E-state index is 0.651. The summed E-state index contributed by atoms with van der Waals surface area (Å²) in [7, 11) is 6.86. The van der Waals surface area contributed by atoms with Crippen LogP contribution in [0.3, 0.4) is 0 Å². The molecule has 0 atom stereocenters. The maximum Gasteiger partial charge on any atom is 0.169 e. The number of hydrogen-bond acceptors (Lipinski definition) is 3. The largest absolute Gasteiger partial charge is 0.496 e. The van der Waals surface area contributed by atoms with Crippen LogP contribution < -0.4 is 18.8 Å². The molecular formula is C17H20NO3+. The monoisotopic (exact) mass is 286 g/mol. The molecule has 0 spiro atoms. The highest BCUT2D eigenvalue weighted by Gasteiger charge is 2.09. The summed E-state index contributed by atoms with van der Waals surface area (Å²) in [6.45, 7) is 0. The number of rotatable bonds is 5. The first-order chi connectivity index (χ1) is 10.2. The van der Waals surface area contributed by atoms with Crippen LogP contribution in [-0.4, -0.2) is 21.3 Å². The van der Waals surface area contributed by atoms with Gasteiger partial charge in [-0.2, -0.15) is 0 Å². The zero-order chi connectivity index (χ0) is 15.2. The van der Waals surface area contributed by atoms with Gasteiger partial charge in [0.25, 0.3) is 0 Å². The Morgan fingerprint density at radius 1 is 0.810 bits per heavy atom. The van der Waals surface area contributed by atoms with Crippen LogP contribution in [0.5, 0.6) is 17.2 Å². The fraction of sp³-hybridized carbons (Fsp3) is 0.235. The van der Waals surface area contributed by atoms with Crippen LogP contribution in [-0.2, 0) is 7.05 Å². The zero-order valence-corrected chi connectivity index (χ0v) is 12.8. The van der Waals surface area contributed by atoms with Crippen molar-refractivity contribution in [1.29, 1.82) is 0 Å². The van der Waals surface area contributed by atoms with Gasteiger partial charge in [-0.15, -0.1) is 0 Å². The standard InChI is InChI=1S/C17H20NO3/c1-18-9-7-13(8-10-18)5-6-14-11-16(20-3)17(21-4)12-15(14)19-2/h5-12H,1-4H3/q+1/b6-5+. The van der Waals surface area contributed by atoms with Gasteiger partial charge in [0, 0.05) is 23.8 Å². The average molecular weight is 286 g/mol. The lowest BCUT2D eigenvalue weighted by Crippen LogP contribution is -2.25. The Morgan fingerprint density at radius 2 is 1.38 bits per heavy atom. The Morgan fingerprint density at radius 3 is 1.95 bits per heavy atom. The van der Waals surface area contributed by atoms with Crippen molar-refractivity contribution in [2.24, 2.45) is 7.05 Å². The molecule has 1 heterocycles. The number of aryl methyl sites for hydroxylation is 1. The van der Waals surface area contributed by atoms with Gasteiger partial charge >= 0.3 is 0 Å². The van der Waals surface area contributed by atoms with Crippen LogP contribution in [0.15, 0.2) is 36.7 Å². The SMILES string of the molecule is COc1cc(OC)c(OC)cc1/C=C/c1cc[n+](C)cc1. The first kappa shape index (κ1) is 14.9. The molecule has 1 aromatic carbocycles. The smallest absolute Gasteiger partial charge is 0.169 e. The molecule has 0 N–H and O–H groups in total. The van der Waals surface area contributed by atoms with Gasteiger partial charge < -0.3 is 14.2 Å². The molecule has 0 fully saturated rings. The molecule has 0 saturated heterocycles. The van der Waals surface area contributed by atoms with Crippen molar-refractivity contribution in [2.75, 3.05) is 21.3 Å². The summed E-state index contributed by atoms with van der Waals surface area (Å²) in [5, 5.41) is 0. The Bertz CT molecular complexity index is 633. The summed E-state index contributed by atoms with van der Waals surface area (Å²) in [6, 6.07) is 7.81. The predicted octanol–water partition coefficient (Wildman–Crippen LogP) is 2.71. The van der Waals surface area contributed by atoms with Crippen LogP contribution in [0.1, 0.15) is 11.1 Å². The highest BCUT2D eigenvalue weighted by Crippen LogP contribution is 2.35. The second-order valence-electron chi connectivity index (χ2n) is 4.58. The van der Waals surface area contributed by atoms with Gasteiger partial charge in [-0.3, -0.25) is 0 Å². The topological polar surface area (TPSA) is 31.6 Å². The second kappa shape index (κ2) is 6.79. The Balaban J connectivity index is 2.36. The van der Waals surface area contributed by atoms with Crippen molar-refractivity contribution in [2.45, 2.75) is 0 Å². The Hall–Kier alpha value is -2.49. The second-order valence-corrected chi connectivity index (χ2v) is 4.58. The van der Waals surface area contributed by atoms with E-state index in [4.69, 9.17) is 14.2 Å². The average Bonchev–Trinajstić information content (AvgIpc) is 2.53. The molecule has 0 unspecified atom stereocenters. The van der Waals surface area contributed by atoms with Gasteiger partial charge in [0.15, 0.2) is 23.9 Å². The number of pyridine rings is 1. The summed E-state index contributed by atoms with van der Waals surface area (Å²) in [6.07, 6.45) is 8.04. The summed E-state index contributed by atoms with van der Waals surface area (Å²) in [5.41, 5.74) is 2.05. The van der Waals surface area contributed by atoms with E-state index < -0.39 is 0 Å². The highest BCUT2D eigenvalue weighted by atomic mass is 16.5. The molecule has 0 saturated carbocycles. The lowest BCUT2D eigenvalue weighted by atomic mass is 10.1. The third-order valence-corrected chi connectivity index (χ3v) is 3.20. The van der Waals surface area contributed by atoms with Gasteiger partial charge in [-0.05, 0) is 11.6 Å². The molecule has 0 radical (unpaired) electrons. The van der Waals surface area contributed by atoms with Gasteiger partial charge in [-0.25, -0.2) is 4.57 Å². The fourth-order valence-electron chi connectivity index (χ4n) is 1.99. The third kappa shape index (κ3) is 3.54. The molecule has 0 amide bonds. The van der Waals surface area contributed by atoms with Crippen LogP contribution >= 0.6 is 0 Å². The number of aromatic nitrogens is 1. The molecule has 4 heteroatoms. The Labute approximate surface area is 125 Å². The number of hydrogen-bond donors (Lipinski definition) is 0. The van der Waals surface area contributed by atoms with Gasteiger partial charge in [-0.1, -0.05) is 12.2 Å². The molecule has 21 heavy (non-hydrogen) atoms. The molecule has 4 nitrogen and oxygen atoms in total. The molecule has 110 valence electrons. The predicted molar refractivity (Wildman–Crippen MR) is 82.6 cm³/mol. The number of methoxy groups -OCH3 is 3. The van der Waals surface area contributed by atoms with Gasteiger partial charge in [0.1, 0.15) is 12.8 Å². The number of benzene rings is 1. The molecule has 0 aliphatic rings. The zero-order valence-electron chi connectivity index (χ0n) is 12.8. The van der Waals surface area contributed by atoms with Crippen molar-refractivity contribution in [3.05, 3.63) is 47.8 Å². The van der Waals surface area contributed by atoms with E-state index in [2.05, 4.69) is 0 Å². The number of ether oxygens (including phenoxy) is 3. The molecule has 0 aliphatic heterocycles. The molecular weight excluding hydrogens is 266 g/mol. The fourth-order valence-corrected chi connectivity index (χ4v) is 1.99. The molecule has 0 aliphatic carbocycles. The van der Waals surface area contributed by atoms with Crippen molar-refractivity contribution in [3.8, 4) is 17.2 Å². The van der Waals surface area contributed by atoms with E-state index >= 15 is 0 Å². The van der Waals surface area contributed by atoms with E-state index in [-0.39, 0.29) is 0 Å². The van der Waals surface area contributed by atoms with E-state index in [1.807, 2.05) is 60.4 Å². The van der Waals surface area contributed by atoms with Crippen LogP contribution in [0.4, 0.5) is 0 Å². The molecule has 0 bridgehead atoms. The van der Waals surface area contributed by atoms with Crippen molar-refractivity contribution < 1.29 is 18.8 Å². The van der Waals surface area contributed by atoms with Crippen LogP contribution in [0.2, 0.25) is 0 Å². The maximum atomic E-state index is 5.40. The van der Waals surface area contributed by atoms with E-state index in [0.29, 0.717) is 11.5 Å². The minimum Gasteiger partial charge on any atom is -0.496 e. The molecule has 2 aromatic rings. The van der Waals surface area contributed by atoms with Gasteiger partial charge in [0.05, 0.1) is 21.3 Å². The van der Waals surface area contributed by atoms with E-state index in [0.717, 1.165) is 16.9 Å². The first-order valence-corrected chi connectivity index (χ1v) is 6.61.